The van der Waals surface area contributed by atoms with Gasteiger partial charge >= 0.3 is 0 Å². The van der Waals surface area contributed by atoms with Crippen LogP contribution in [0.5, 0.6) is 0 Å². The Kier molecular flexibility index (Phi) is 4.14. The topological polar surface area (TPSA) is 63.5 Å². The van der Waals surface area contributed by atoms with Crippen molar-refractivity contribution in [1.82, 2.24) is 14.7 Å². The van der Waals surface area contributed by atoms with Crippen molar-refractivity contribution in [2.75, 3.05) is 6.54 Å². The van der Waals surface area contributed by atoms with E-state index < -0.39 is 11.5 Å². The number of benzene rings is 1. The van der Waals surface area contributed by atoms with Crippen LogP contribution >= 0.6 is 0 Å². The van der Waals surface area contributed by atoms with Crippen LogP contribution in [0.15, 0.2) is 59.7 Å². The van der Waals surface area contributed by atoms with Gasteiger partial charge in [0, 0.05) is 18.9 Å². The number of nitrogens with zero attached hydrogens (tertiary/aromatic N) is 2. The van der Waals surface area contributed by atoms with Crippen molar-refractivity contribution in [3.63, 3.8) is 0 Å². The summed E-state index contributed by atoms with van der Waals surface area (Å²) in [6, 6.07) is 11.5. The first-order chi connectivity index (χ1) is 11.2. The van der Waals surface area contributed by atoms with Gasteiger partial charge in [-0.2, -0.15) is 0 Å². The number of amides is 1. The van der Waals surface area contributed by atoms with Gasteiger partial charge in [-0.3, -0.25) is 14.0 Å². The van der Waals surface area contributed by atoms with Crippen LogP contribution in [0.2, 0.25) is 0 Å². The Labute approximate surface area is 131 Å². The molecule has 0 saturated heterocycles. The number of carbonyl (C=O) groups excluding carboxylic acids is 1. The minimum absolute atomic E-state index is 0.0396. The second kappa shape index (κ2) is 6.39. The first kappa shape index (κ1) is 14.9. The third-order valence-electron chi connectivity index (χ3n) is 3.50. The number of nitrogens with one attached hydrogen (secondary N) is 1. The molecule has 0 spiro atoms. The van der Waals surface area contributed by atoms with Crippen LogP contribution in [0.3, 0.4) is 0 Å². The Balaban J connectivity index is 1.73. The van der Waals surface area contributed by atoms with Crippen molar-refractivity contribution < 1.29 is 9.18 Å². The molecule has 0 aliphatic carbocycles. The molecular weight excluding hydrogens is 297 g/mol. The van der Waals surface area contributed by atoms with Gasteiger partial charge in [0.15, 0.2) is 0 Å². The molecule has 0 unspecified atom stereocenters. The standard InChI is InChI=1S/C17H14FN3O2/c18-14-6-2-1-5-12(14)8-9-19-16(22)13-11-20-15-7-3-4-10-21(15)17(13)23/h1-7,10-11H,8-9H2,(H,19,22). The van der Waals surface area contributed by atoms with Gasteiger partial charge in [-0.1, -0.05) is 24.3 Å². The lowest BCUT2D eigenvalue weighted by Crippen LogP contribution is -2.32. The molecule has 23 heavy (non-hydrogen) atoms. The molecule has 3 rings (SSSR count). The molecule has 3 aromatic rings. The fourth-order valence-electron chi connectivity index (χ4n) is 2.29. The van der Waals surface area contributed by atoms with Crippen LogP contribution in [0.1, 0.15) is 15.9 Å². The maximum absolute atomic E-state index is 13.5. The molecule has 116 valence electrons. The predicted octanol–water partition coefficient (Wildman–Crippen LogP) is 1.81. The Morgan fingerprint density at radius 3 is 2.78 bits per heavy atom. The van der Waals surface area contributed by atoms with E-state index in [1.807, 2.05) is 0 Å². The largest absolute Gasteiger partial charge is 0.351 e. The van der Waals surface area contributed by atoms with Crippen LogP contribution < -0.4 is 10.9 Å². The smallest absolute Gasteiger partial charge is 0.270 e. The number of rotatable bonds is 4. The van der Waals surface area contributed by atoms with Gasteiger partial charge in [0.25, 0.3) is 11.5 Å². The molecule has 1 amide bonds. The lowest BCUT2D eigenvalue weighted by atomic mass is 10.1. The summed E-state index contributed by atoms with van der Waals surface area (Å²) in [7, 11) is 0. The number of hydrogen-bond acceptors (Lipinski definition) is 3. The molecule has 0 saturated carbocycles. The Hall–Kier alpha value is -3.02. The van der Waals surface area contributed by atoms with E-state index in [1.165, 1.54) is 16.7 Å². The maximum Gasteiger partial charge on any atom is 0.270 e. The molecule has 5 nitrogen and oxygen atoms in total. The molecule has 1 N–H and O–H groups in total. The molecule has 2 aromatic heterocycles. The minimum atomic E-state index is -0.517. The SMILES string of the molecule is O=C(NCCc1ccccc1F)c1cnc2ccccn2c1=O. The van der Waals surface area contributed by atoms with Gasteiger partial charge in [-0.15, -0.1) is 0 Å². The van der Waals surface area contributed by atoms with E-state index in [1.54, 1.807) is 42.6 Å². The van der Waals surface area contributed by atoms with Gasteiger partial charge in [-0.25, -0.2) is 9.37 Å². The van der Waals surface area contributed by atoms with Crippen LogP contribution in [0, 0.1) is 5.82 Å². The number of carbonyl (C=O) groups is 1. The summed E-state index contributed by atoms with van der Waals surface area (Å²) < 4.78 is 14.8. The Bertz CT molecular complexity index is 921. The summed E-state index contributed by atoms with van der Waals surface area (Å²) in [5, 5.41) is 2.62. The van der Waals surface area contributed by atoms with Gasteiger partial charge in [0.1, 0.15) is 17.0 Å². The van der Waals surface area contributed by atoms with E-state index >= 15 is 0 Å². The average Bonchev–Trinajstić information content (AvgIpc) is 2.57. The zero-order valence-corrected chi connectivity index (χ0v) is 12.2. The van der Waals surface area contributed by atoms with Gasteiger partial charge in [0.05, 0.1) is 0 Å². The van der Waals surface area contributed by atoms with Gasteiger partial charge in [-0.05, 0) is 30.2 Å². The third-order valence-corrected chi connectivity index (χ3v) is 3.50. The maximum atomic E-state index is 13.5. The van der Waals surface area contributed by atoms with E-state index in [-0.39, 0.29) is 17.9 Å². The fourth-order valence-corrected chi connectivity index (χ4v) is 2.29. The number of pyridine rings is 1. The second-order valence-corrected chi connectivity index (χ2v) is 5.00. The number of aromatic nitrogens is 2. The van der Waals surface area contributed by atoms with Crippen molar-refractivity contribution in [3.05, 3.63) is 82.2 Å². The fraction of sp³-hybridized carbons (Fsp3) is 0.118. The number of hydrogen-bond donors (Lipinski definition) is 1. The van der Waals surface area contributed by atoms with E-state index in [0.29, 0.717) is 17.6 Å². The summed E-state index contributed by atoms with van der Waals surface area (Å²) in [5.74, 6) is -0.828. The van der Waals surface area contributed by atoms with Gasteiger partial charge < -0.3 is 5.32 Å². The van der Waals surface area contributed by atoms with E-state index in [4.69, 9.17) is 0 Å². The van der Waals surface area contributed by atoms with E-state index in [2.05, 4.69) is 10.3 Å². The average molecular weight is 311 g/mol. The molecule has 0 aliphatic heterocycles. The highest BCUT2D eigenvalue weighted by Crippen LogP contribution is 2.06. The molecule has 0 bridgehead atoms. The van der Waals surface area contributed by atoms with Gasteiger partial charge in [0.2, 0.25) is 0 Å². The van der Waals surface area contributed by atoms with E-state index in [9.17, 15) is 14.0 Å². The Morgan fingerprint density at radius 1 is 1.17 bits per heavy atom. The van der Waals surface area contributed by atoms with Crippen molar-refractivity contribution in [3.8, 4) is 0 Å². The number of halogens is 1. The summed E-state index contributed by atoms with van der Waals surface area (Å²) in [6.45, 7) is 0.233. The lowest BCUT2D eigenvalue weighted by molar-refractivity contribution is 0.0952. The second-order valence-electron chi connectivity index (χ2n) is 5.00. The molecule has 0 radical (unpaired) electrons. The highest BCUT2D eigenvalue weighted by molar-refractivity contribution is 5.93. The van der Waals surface area contributed by atoms with Crippen LogP contribution in [-0.2, 0) is 6.42 Å². The lowest BCUT2D eigenvalue weighted by Gasteiger charge is -2.06. The molecular formula is C17H14FN3O2. The van der Waals surface area contributed by atoms with Crippen molar-refractivity contribution in [1.29, 1.82) is 0 Å². The third kappa shape index (κ3) is 3.11. The zero-order chi connectivity index (χ0) is 16.2. The minimum Gasteiger partial charge on any atom is -0.351 e. The molecule has 6 heteroatoms. The monoisotopic (exact) mass is 311 g/mol. The zero-order valence-electron chi connectivity index (χ0n) is 12.2. The van der Waals surface area contributed by atoms with Crippen LogP contribution in [0.4, 0.5) is 4.39 Å². The molecule has 0 fully saturated rings. The quantitative estimate of drug-likeness (QED) is 0.799. The molecule has 0 aliphatic rings. The van der Waals surface area contributed by atoms with Crippen molar-refractivity contribution in [2.45, 2.75) is 6.42 Å². The first-order valence-corrected chi connectivity index (χ1v) is 7.15. The molecule has 2 heterocycles. The van der Waals surface area contributed by atoms with Crippen molar-refractivity contribution in [2.24, 2.45) is 0 Å². The summed E-state index contributed by atoms with van der Waals surface area (Å²) in [5.41, 5.74) is 0.516. The molecule has 1 aromatic carbocycles. The first-order valence-electron chi connectivity index (χ1n) is 7.15. The normalized spacial score (nSPS) is 10.7. The predicted molar refractivity (Wildman–Crippen MR) is 83.9 cm³/mol. The Morgan fingerprint density at radius 2 is 1.96 bits per heavy atom. The summed E-state index contributed by atoms with van der Waals surface area (Å²) in [6.07, 6.45) is 3.16. The number of fused-ring (bicyclic) bond motifs is 1. The highest BCUT2D eigenvalue weighted by atomic mass is 19.1. The summed E-state index contributed by atoms with van der Waals surface area (Å²) >= 11 is 0. The van der Waals surface area contributed by atoms with Crippen LogP contribution in [-0.4, -0.2) is 21.8 Å². The van der Waals surface area contributed by atoms with Crippen molar-refractivity contribution >= 4 is 11.6 Å². The summed E-state index contributed by atoms with van der Waals surface area (Å²) in [4.78, 5) is 28.5. The van der Waals surface area contributed by atoms with Crippen LogP contribution in [0.25, 0.3) is 5.65 Å². The highest BCUT2D eigenvalue weighted by Gasteiger charge is 2.12. The van der Waals surface area contributed by atoms with E-state index in [0.717, 1.165) is 0 Å². The molecule has 0 atom stereocenters.